The number of para-hydroxylation sites is 1. The number of carbonyl (C=O) groups is 2. The summed E-state index contributed by atoms with van der Waals surface area (Å²) in [4.78, 5) is 29.4. The Morgan fingerprint density at radius 1 is 1.17 bits per heavy atom. The minimum atomic E-state index is -0.481. The minimum absolute atomic E-state index is 0.139. The van der Waals surface area contributed by atoms with Crippen molar-refractivity contribution in [2.45, 2.75) is 13.5 Å². The molecule has 0 radical (unpaired) electrons. The standard InChI is InChI=1S/C21H18N2O5S/c1-4-23-14-9-8-13(20(25)27-3)11-17(14)29-21(23)22-19(24)16-10-12-6-5-7-15(26-2)18(12)28-16/h5-11H,4H2,1-3H3. The molecule has 0 N–H and O–H groups in total. The maximum Gasteiger partial charge on any atom is 0.337 e. The van der Waals surface area contributed by atoms with Crippen molar-refractivity contribution in [1.29, 1.82) is 0 Å². The average molecular weight is 410 g/mol. The van der Waals surface area contributed by atoms with E-state index in [1.165, 1.54) is 18.4 Å². The number of furan rings is 1. The fourth-order valence-electron chi connectivity index (χ4n) is 3.15. The number of benzene rings is 2. The summed E-state index contributed by atoms with van der Waals surface area (Å²) in [5.41, 5.74) is 1.85. The van der Waals surface area contributed by atoms with E-state index in [9.17, 15) is 9.59 Å². The summed E-state index contributed by atoms with van der Waals surface area (Å²) >= 11 is 1.33. The van der Waals surface area contributed by atoms with Crippen LogP contribution in [-0.2, 0) is 11.3 Å². The number of esters is 1. The van der Waals surface area contributed by atoms with Crippen LogP contribution in [-0.4, -0.2) is 30.7 Å². The first-order chi connectivity index (χ1) is 14.0. The second-order valence-corrected chi connectivity index (χ2v) is 7.22. The van der Waals surface area contributed by atoms with E-state index < -0.39 is 11.9 Å². The average Bonchev–Trinajstić information content (AvgIpc) is 3.33. The Labute approximate surface area is 169 Å². The summed E-state index contributed by atoms with van der Waals surface area (Å²) in [6, 6.07) is 12.4. The molecule has 2 heterocycles. The van der Waals surface area contributed by atoms with Crippen molar-refractivity contribution < 1.29 is 23.5 Å². The molecule has 2 aromatic heterocycles. The SMILES string of the molecule is CCn1c(=NC(=O)c2cc3cccc(OC)c3o2)sc2cc(C(=O)OC)ccc21. The second kappa shape index (κ2) is 7.56. The molecular weight excluding hydrogens is 392 g/mol. The quantitative estimate of drug-likeness (QED) is 0.475. The first kappa shape index (κ1) is 18.9. The van der Waals surface area contributed by atoms with E-state index in [0.29, 0.717) is 28.2 Å². The highest BCUT2D eigenvalue weighted by Gasteiger charge is 2.16. The number of thiazole rings is 1. The topological polar surface area (TPSA) is 83.0 Å². The zero-order chi connectivity index (χ0) is 20.5. The highest BCUT2D eigenvalue weighted by atomic mass is 32.1. The lowest BCUT2D eigenvalue weighted by atomic mass is 10.2. The molecule has 8 heteroatoms. The molecule has 0 atom stereocenters. The summed E-state index contributed by atoms with van der Waals surface area (Å²) in [6.45, 7) is 2.59. The Balaban J connectivity index is 1.81. The summed E-state index contributed by atoms with van der Waals surface area (Å²) in [7, 11) is 2.89. The number of aromatic nitrogens is 1. The summed E-state index contributed by atoms with van der Waals surface area (Å²) in [6.07, 6.45) is 0. The van der Waals surface area contributed by atoms with Gasteiger partial charge in [0.15, 0.2) is 21.9 Å². The maximum atomic E-state index is 12.8. The first-order valence-electron chi connectivity index (χ1n) is 8.93. The number of rotatable bonds is 4. The number of amides is 1. The lowest BCUT2D eigenvalue weighted by Crippen LogP contribution is -2.15. The lowest BCUT2D eigenvalue weighted by Gasteiger charge is -2.01. The van der Waals surface area contributed by atoms with Gasteiger partial charge in [0.2, 0.25) is 0 Å². The summed E-state index contributed by atoms with van der Waals surface area (Å²) in [5.74, 6) is -0.193. The summed E-state index contributed by atoms with van der Waals surface area (Å²) in [5, 5.41) is 0.769. The Hall–Kier alpha value is -3.39. The molecule has 0 aliphatic rings. The van der Waals surface area contributed by atoms with Crippen LogP contribution in [0.5, 0.6) is 5.75 Å². The lowest BCUT2D eigenvalue weighted by molar-refractivity contribution is 0.0601. The zero-order valence-corrected chi connectivity index (χ0v) is 16.9. The Morgan fingerprint density at radius 3 is 2.72 bits per heavy atom. The second-order valence-electron chi connectivity index (χ2n) is 6.21. The smallest absolute Gasteiger partial charge is 0.337 e. The van der Waals surface area contributed by atoms with Gasteiger partial charge in [0.25, 0.3) is 0 Å². The number of methoxy groups -OCH3 is 2. The molecule has 2 aromatic carbocycles. The molecule has 0 fully saturated rings. The molecule has 0 aliphatic carbocycles. The van der Waals surface area contributed by atoms with Crippen molar-refractivity contribution in [2.75, 3.05) is 14.2 Å². The van der Waals surface area contributed by atoms with Gasteiger partial charge in [-0.05, 0) is 37.3 Å². The van der Waals surface area contributed by atoms with E-state index in [1.807, 2.05) is 29.7 Å². The van der Waals surface area contributed by atoms with E-state index in [4.69, 9.17) is 13.9 Å². The molecule has 0 bridgehead atoms. The number of carbonyl (C=O) groups excluding carboxylic acids is 2. The third-order valence-electron chi connectivity index (χ3n) is 4.56. The van der Waals surface area contributed by atoms with Crippen LogP contribution in [0.2, 0.25) is 0 Å². The van der Waals surface area contributed by atoms with Crippen molar-refractivity contribution in [3.8, 4) is 5.75 Å². The van der Waals surface area contributed by atoms with Crippen LogP contribution in [0.25, 0.3) is 21.2 Å². The molecule has 7 nitrogen and oxygen atoms in total. The molecule has 1 amide bonds. The normalized spacial score (nSPS) is 11.9. The third-order valence-corrected chi connectivity index (χ3v) is 5.60. The highest BCUT2D eigenvalue weighted by Crippen LogP contribution is 2.28. The number of fused-ring (bicyclic) bond motifs is 2. The molecule has 0 aliphatic heterocycles. The van der Waals surface area contributed by atoms with Gasteiger partial charge in [-0.2, -0.15) is 4.99 Å². The Bertz CT molecular complexity index is 1310. The number of aryl methyl sites for hydroxylation is 1. The number of hydrogen-bond acceptors (Lipinski definition) is 6. The molecule has 0 saturated heterocycles. The number of ether oxygens (including phenoxy) is 2. The molecule has 4 rings (SSSR count). The molecule has 0 spiro atoms. The predicted molar refractivity (Wildman–Crippen MR) is 109 cm³/mol. The first-order valence-corrected chi connectivity index (χ1v) is 9.74. The molecule has 0 unspecified atom stereocenters. The van der Waals surface area contributed by atoms with Gasteiger partial charge in [0, 0.05) is 11.9 Å². The van der Waals surface area contributed by atoms with Crippen molar-refractivity contribution in [1.82, 2.24) is 4.57 Å². The van der Waals surface area contributed by atoms with Gasteiger partial charge in [0.05, 0.1) is 30.0 Å². The van der Waals surface area contributed by atoms with Crippen LogP contribution in [0.3, 0.4) is 0 Å². The van der Waals surface area contributed by atoms with E-state index >= 15 is 0 Å². The van der Waals surface area contributed by atoms with Crippen molar-refractivity contribution in [3.63, 3.8) is 0 Å². The monoisotopic (exact) mass is 410 g/mol. The van der Waals surface area contributed by atoms with Crippen molar-refractivity contribution in [2.24, 2.45) is 4.99 Å². The fourth-order valence-corrected chi connectivity index (χ4v) is 4.28. The Morgan fingerprint density at radius 2 is 2.00 bits per heavy atom. The molecule has 0 saturated carbocycles. The van der Waals surface area contributed by atoms with Crippen LogP contribution in [0, 0.1) is 0 Å². The third kappa shape index (κ3) is 3.31. The molecule has 4 aromatic rings. The molecule has 148 valence electrons. The van der Waals surface area contributed by atoms with Gasteiger partial charge in [-0.15, -0.1) is 0 Å². The van der Waals surface area contributed by atoms with E-state index in [0.717, 1.165) is 15.6 Å². The largest absolute Gasteiger partial charge is 0.493 e. The van der Waals surface area contributed by atoms with Gasteiger partial charge >= 0.3 is 11.9 Å². The van der Waals surface area contributed by atoms with Gasteiger partial charge < -0.3 is 18.5 Å². The number of hydrogen-bond donors (Lipinski definition) is 0. The maximum absolute atomic E-state index is 12.8. The van der Waals surface area contributed by atoms with Crippen LogP contribution in [0.1, 0.15) is 27.8 Å². The van der Waals surface area contributed by atoms with Crippen molar-refractivity contribution in [3.05, 3.63) is 58.6 Å². The van der Waals surface area contributed by atoms with Crippen molar-refractivity contribution >= 4 is 44.4 Å². The number of nitrogens with zero attached hydrogens (tertiary/aromatic N) is 2. The fraction of sp³-hybridized carbons (Fsp3) is 0.190. The van der Waals surface area contributed by atoms with Crippen LogP contribution in [0.15, 0.2) is 51.9 Å². The zero-order valence-electron chi connectivity index (χ0n) is 16.1. The van der Waals surface area contributed by atoms with E-state index in [-0.39, 0.29) is 5.76 Å². The van der Waals surface area contributed by atoms with Crippen LogP contribution in [0.4, 0.5) is 0 Å². The predicted octanol–water partition coefficient (Wildman–Crippen LogP) is 4.01. The molecule has 29 heavy (non-hydrogen) atoms. The van der Waals surface area contributed by atoms with Gasteiger partial charge in [-0.1, -0.05) is 23.5 Å². The summed E-state index contributed by atoms with van der Waals surface area (Å²) < 4.78 is 18.5. The van der Waals surface area contributed by atoms with Gasteiger partial charge in [-0.25, -0.2) is 4.79 Å². The van der Waals surface area contributed by atoms with Gasteiger partial charge in [0.1, 0.15) is 0 Å². The molecular formula is C21H18N2O5S. The van der Waals surface area contributed by atoms with Crippen LogP contribution < -0.4 is 9.54 Å². The van der Waals surface area contributed by atoms with Crippen LogP contribution >= 0.6 is 11.3 Å². The minimum Gasteiger partial charge on any atom is -0.493 e. The van der Waals surface area contributed by atoms with E-state index in [1.54, 1.807) is 31.4 Å². The van der Waals surface area contributed by atoms with E-state index in [2.05, 4.69) is 4.99 Å². The Kier molecular flexibility index (Phi) is 4.94. The highest BCUT2D eigenvalue weighted by molar-refractivity contribution is 7.16. The van der Waals surface area contributed by atoms with Gasteiger partial charge in [-0.3, -0.25) is 4.79 Å².